The minimum Gasteiger partial charge on any atom is -0.486 e. The fraction of sp³-hybridized carbons (Fsp3) is 0.370. The van der Waals surface area contributed by atoms with Crippen molar-refractivity contribution < 1.29 is 46.5 Å². The molecule has 129 heavy (non-hydrogen) atoms. The van der Waals surface area contributed by atoms with E-state index in [0.29, 0.717) is 0 Å². The van der Waals surface area contributed by atoms with E-state index in [0.717, 1.165) is 41.6 Å². The van der Waals surface area contributed by atoms with Crippen LogP contribution in [0.15, 0.2) is 243 Å². The maximum Gasteiger partial charge on any atom is 0.216 e. The molecule has 5 aliphatic heterocycles. The number of benzene rings is 10. The predicted octanol–water partition coefficient (Wildman–Crippen LogP) is 26.4. The maximum atomic E-state index is 6.81. The Kier molecular flexibility index (Phi) is 22.0. The number of aryl methyl sites for hydroxylation is 10. The molecule has 658 valence electrons. The highest BCUT2D eigenvalue weighted by atomic mass is 16.5. The van der Waals surface area contributed by atoms with Crippen molar-refractivity contribution in [1.29, 1.82) is 0 Å². The molecule has 3 spiro atoms. The molecule has 23 rings (SSSR count). The van der Waals surface area contributed by atoms with E-state index in [1.807, 2.05) is 0 Å². The minimum atomic E-state index is -0.229. The van der Waals surface area contributed by atoms with Gasteiger partial charge in [-0.05, 0) is 238 Å². The van der Waals surface area contributed by atoms with Gasteiger partial charge in [0.1, 0.15) is 92.0 Å². The van der Waals surface area contributed by atoms with Crippen molar-refractivity contribution in [3.63, 3.8) is 0 Å². The lowest BCUT2D eigenvalue weighted by Gasteiger charge is -2.43. The third kappa shape index (κ3) is 15.1. The van der Waals surface area contributed by atoms with E-state index < -0.39 is 0 Å². The van der Waals surface area contributed by atoms with Gasteiger partial charge in [0, 0.05) is 103 Å². The van der Waals surface area contributed by atoms with Gasteiger partial charge in [-0.1, -0.05) is 204 Å². The van der Waals surface area contributed by atoms with E-state index in [2.05, 4.69) is 405 Å². The van der Waals surface area contributed by atoms with Crippen molar-refractivity contribution in [3.8, 4) is 85.0 Å². The fourth-order valence-electron chi connectivity index (χ4n) is 23.6. The molecule has 3 saturated carbocycles. The molecule has 10 aromatic carbocycles. The van der Waals surface area contributed by atoms with Gasteiger partial charge in [0.15, 0.2) is 31.0 Å². The van der Waals surface area contributed by atoms with Crippen molar-refractivity contribution in [2.24, 2.45) is 35.2 Å². The number of aromatic nitrogens is 5. The predicted molar refractivity (Wildman–Crippen MR) is 527 cm³/mol. The molecule has 0 unspecified atom stereocenters. The molecule has 0 atom stereocenters. The number of nitrogens with zero attached hydrogens (tertiary/aromatic N) is 5. The Labute approximate surface area is 765 Å². The first kappa shape index (κ1) is 86.6. The largest absolute Gasteiger partial charge is 0.486 e. The summed E-state index contributed by atoms with van der Waals surface area (Å²) in [5.41, 5.74) is 25.3. The average molecular weight is 1710 g/mol. The van der Waals surface area contributed by atoms with Crippen molar-refractivity contribution in [1.82, 2.24) is 0 Å². The second-order valence-electron chi connectivity index (χ2n) is 41.8. The summed E-state index contributed by atoms with van der Waals surface area (Å²) < 4.78 is 44.3. The summed E-state index contributed by atoms with van der Waals surface area (Å²) in [6.07, 6.45) is 31.0. The minimum absolute atomic E-state index is 0.0276. The van der Waals surface area contributed by atoms with Gasteiger partial charge in [0.25, 0.3) is 0 Å². The van der Waals surface area contributed by atoms with Gasteiger partial charge in [-0.25, -0.2) is 22.8 Å². The van der Waals surface area contributed by atoms with E-state index >= 15 is 0 Å². The molecular weight excluding hydrogens is 1580 g/mol. The van der Waals surface area contributed by atoms with E-state index in [1.54, 1.807) is 0 Å². The summed E-state index contributed by atoms with van der Waals surface area (Å²) in [5, 5.41) is 12.7. The van der Waals surface area contributed by atoms with Crippen molar-refractivity contribution in [2.75, 3.05) is 0 Å². The van der Waals surface area contributed by atoms with Gasteiger partial charge >= 0.3 is 0 Å². The molecule has 0 N–H and O–H groups in total. The highest BCUT2D eigenvalue weighted by Gasteiger charge is 2.58. The van der Waals surface area contributed by atoms with Gasteiger partial charge in [-0.3, -0.25) is 0 Å². The quantitative estimate of drug-likeness (QED) is 0.161. The van der Waals surface area contributed by atoms with Crippen LogP contribution in [0.3, 0.4) is 0 Å². The lowest BCUT2D eigenvalue weighted by atomic mass is 9.62. The van der Waals surface area contributed by atoms with Crippen LogP contribution in [0.1, 0.15) is 215 Å². The Morgan fingerprint density at radius 1 is 0.240 bits per heavy atom. The van der Waals surface area contributed by atoms with E-state index in [-0.39, 0.29) is 44.3 Å². The van der Waals surface area contributed by atoms with E-state index in [1.165, 1.54) is 256 Å². The zero-order valence-electron chi connectivity index (χ0n) is 80.2. The first-order chi connectivity index (χ1) is 61.7. The molecule has 3 fully saturated rings. The van der Waals surface area contributed by atoms with Gasteiger partial charge < -0.3 is 23.7 Å². The van der Waals surface area contributed by atoms with Crippen LogP contribution in [0, 0.1) is 34.6 Å². The number of hydrogen-bond acceptors (Lipinski definition) is 5. The molecular formula is C119H132N5O5+5. The molecule has 5 aromatic heterocycles. The second-order valence-corrected chi connectivity index (χ2v) is 41.8. The standard InChI is InChI=1S/C26H30NO.C25H28NO.C24H26NO.C23H26NO.C21H22NO/c1-18-12-13-21-24(28-25(2,3)26(21)14-8-5-9-15-26)23(18)22-16-19-10-6-7-11-20(19)17-27(22)4;1-17-11-12-20-23(27-24(2,3)25(20)13-7-8-14-25)22(17)21-15-18-9-5-6-10-19(18)16-26(21)4;1-17-10-11-19-15-24(12-6-3-7-13-24)26-23(19)22(17)21-14-18-8-4-5-9-20(18)16-25(21)2;1-15-11-12-18-21(25-23(4,5)22(18,2)3)20(15)19-13-16-9-7-8-10-17(16)14-24(19)6;1-14-9-10-16-12-21(2,3)23-20(16)19(14)18-11-15-7-5-6-8-17(15)13-22(18)4/h6-7,10-13,16-17H,5,8-9,14-15H2,1-4H3;5-6,9-12,15-16H,7-8,13-14H2,1-4H3;4-5,8-11,14,16H,3,6-7,12-13,15H2,1-2H3;7-14H,1-6H3;5-11,13H,12H2,1-4H3/q5*+1. The SMILES string of the molecule is Cc1ccc2c(c1-c1cc3ccccc3c[n+]1C)OC(C)(C)C2.Cc1ccc2c(c1-c1cc3ccccc3c[n+]1C)OC(C)(C)C2(C)C.Cc1ccc2c(c1-c1cc3ccccc3c[n+]1C)OC(C)(C)C21CCCC1.Cc1ccc2c(c1-c1cc3ccccc3c[n+]1C)OC(C)(C)C21CCCCC1.Cc1ccc2c(c1-c1cc3ccccc3c[n+]1C)OC1(CCCCC1)C2. The number of hydrogen-bond donors (Lipinski definition) is 0. The first-order valence-corrected chi connectivity index (χ1v) is 47.7. The van der Waals surface area contributed by atoms with Crippen LogP contribution in [0.5, 0.6) is 28.7 Å². The smallest absolute Gasteiger partial charge is 0.216 e. The molecule has 10 heterocycles. The molecule has 15 aromatic rings. The summed E-state index contributed by atoms with van der Waals surface area (Å²) >= 11 is 0. The number of fused-ring (bicyclic) bond motifs is 12. The maximum absolute atomic E-state index is 6.81. The normalized spacial score (nSPS) is 18.1. The highest BCUT2D eigenvalue weighted by molar-refractivity contribution is 5.91. The summed E-state index contributed by atoms with van der Waals surface area (Å²) in [7, 11) is 10.7. The topological polar surface area (TPSA) is 65.5 Å². The zero-order valence-corrected chi connectivity index (χ0v) is 80.2. The Morgan fingerprint density at radius 3 is 0.829 bits per heavy atom. The van der Waals surface area contributed by atoms with Crippen molar-refractivity contribution in [3.05, 3.63) is 299 Å². The Bertz CT molecular complexity index is 6980. The van der Waals surface area contributed by atoms with Crippen molar-refractivity contribution in [2.45, 2.75) is 251 Å². The third-order valence-corrected chi connectivity index (χ3v) is 31.6. The number of rotatable bonds is 5. The van der Waals surface area contributed by atoms with Crippen LogP contribution in [0.25, 0.3) is 110 Å². The van der Waals surface area contributed by atoms with Crippen molar-refractivity contribution >= 4 is 53.9 Å². The molecule has 8 aliphatic rings. The Morgan fingerprint density at radius 2 is 0.496 bits per heavy atom. The van der Waals surface area contributed by atoms with Gasteiger partial charge in [-0.2, -0.15) is 0 Å². The molecule has 0 saturated heterocycles. The average Bonchev–Trinajstić information content (AvgIpc) is 1.55. The Hall–Kier alpha value is -11.8. The van der Waals surface area contributed by atoms with Crippen LogP contribution in [0.2, 0.25) is 0 Å². The molecule has 0 bridgehead atoms. The summed E-state index contributed by atoms with van der Waals surface area (Å²) in [4.78, 5) is 0. The molecule has 10 heteroatoms. The number of ether oxygens (including phenoxy) is 5. The van der Waals surface area contributed by atoms with Crippen LogP contribution in [-0.2, 0) is 64.3 Å². The lowest BCUT2D eigenvalue weighted by Crippen LogP contribution is -2.47. The van der Waals surface area contributed by atoms with E-state index in [4.69, 9.17) is 23.7 Å². The van der Waals surface area contributed by atoms with Crippen LogP contribution in [-0.4, -0.2) is 28.0 Å². The van der Waals surface area contributed by atoms with E-state index in [9.17, 15) is 0 Å². The zero-order chi connectivity index (χ0) is 90.2. The second kappa shape index (κ2) is 32.7. The fourth-order valence-corrected chi connectivity index (χ4v) is 23.6. The van der Waals surface area contributed by atoms with Gasteiger partial charge in [0.2, 0.25) is 28.5 Å². The molecule has 10 nitrogen and oxygen atoms in total. The summed E-state index contributed by atoms with van der Waals surface area (Å²) in [6, 6.07) is 77.0. The van der Waals surface area contributed by atoms with Crippen LogP contribution < -0.4 is 46.5 Å². The summed E-state index contributed by atoms with van der Waals surface area (Å²) in [5.74, 6) is 5.48. The van der Waals surface area contributed by atoms with Gasteiger partial charge in [-0.15, -0.1) is 0 Å². The molecule has 0 amide bonds. The molecule has 0 radical (unpaired) electrons. The lowest BCUT2D eigenvalue weighted by molar-refractivity contribution is -0.659. The summed E-state index contributed by atoms with van der Waals surface area (Å²) in [6.45, 7) is 33.4. The number of pyridine rings is 5. The Balaban J connectivity index is 0.000000105. The third-order valence-electron chi connectivity index (χ3n) is 31.6. The molecule has 3 aliphatic carbocycles. The first-order valence-electron chi connectivity index (χ1n) is 47.7. The monoisotopic (exact) mass is 1710 g/mol. The highest BCUT2D eigenvalue weighted by Crippen LogP contribution is 2.62. The van der Waals surface area contributed by atoms with Crippen LogP contribution >= 0.6 is 0 Å². The van der Waals surface area contributed by atoms with Crippen LogP contribution in [0.4, 0.5) is 0 Å². The van der Waals surface area contributed by atoms with Gasteiger partial charge in [0.05, 0.1) is 27.8 Å².